The van der Waals surface area contributed by atoms with Crippen molar-refractivity contribution in [2.75, 3.05) is 59.0 Å². The van der Waals surface area contributed by atoms with Crippen LogP contribution in [0, 0.1) is 0 Å². The number of nitrogens with two attached hydrogens (primary N) is 1. The molecule has 3 aromatic carbocycles. The van der Waals surface area contributed by atoms with Gasteiger partial charge in [-0.1, -0.05) is 53.5 Å². The molecule has 2 aliphatic heterocycles. The summed E-state index contributed by atoms with van der Waals surface area (Å²) in [6.07, 6.45) is -7.26. The Balaban J connectivity index is 1.21. The lowest BCUT2D eigenvalue weighted by Gasteiger charge is -2.46. The number of hydrogen-bond acceptors (Lipinski definition) is 6. The standard InChI is InChI=1S/C39H42Cl2F6N4O4/c40-31-7-6-27(22-32(31)41)37(24-51(16-17-55-37)35(53)26-18-28(38(42,43)44)21-29(19-26)39(45,46)47)10-15-50-13-8-36(9-14-50)30-5-2-1-4-25(30)20-33(36)54-23-34(52)49-12-3-11-48/h1-2,4-7,18-19,21-22,33H,3,8-17,20,23-24,48H2,(H,49,52)/t33-,37-/m0/s1. The van der Waals surface area contributed by atoms with Gasteiger partial charge in [-0.25, -0.2) is 0 Å². The smallest absolute Gasteiger partial charge is 0.367 e. The molecule has 1 aliphatic carbocycles. The molecule has 55 heavy (non-hydrogen) atoms. The number of benzene rings is 3. The largest absolute Gasteiger partial charge is 0.416 e. The molecule has 0 radical (unpaired) electrons. The second kappa shape index (κ2) is 16.6. The molecule has 0 saturated carbocycles. The van der Waals surface area contributed by atoms with Crippen LogP contribution in [0.3, 0.4) is 0 Å². The lowest BCUT2D eigenvalue weighted by atomic mass is 9.72. The summed E-state index contributed by atoms with van der Waals surface area (Å²) >= 11 is 12.7. The normalized spacial score (nSPS) is 21.5. The van der Waals surface area contributed by atoms with Gasteiger partial charge in [0.05, 0.1) is 40.4 Å². The van der Waals surface area contributed by atoms with Crippen molar-refractivity contribution in [3.05, 3.63) is 104 Å². The maximum absolute atomic E-state index is 13.8. The zero-order chi connectivity index (χ0) is 39.6. The molecule has 3 N–H and O–H groups in total. The summed E-state index contributed by atoms with van der Waals surface area (Å²) < 4.78 is 94.8. The maximum atomic E-state index is 13.8. The van der Waals surface area contributed by atoms with Gasteiger partial charge in [0, 0.05) is 30.6 Å². The maximum Gasteiger partial charge on any atom is 0.416 e. The third kappa shape index (κ3) is 9.10. The Morgan fingerprint density at radius 1 is 0.927 bits per heavy atom. The molecule has 6 rings (SSSR count). The Morgan fingerprint density at radius 3 is 2.27 bits per heavy atom. The quantitative estimate of drug-likeness (QED) is 0.157. The van der Waals surface area contributed by atoms with Gasteiger partial charge < -0.3 is 30.3 Å². The number of halogens is 8. The molecule has 0 bridgehead atoms. The number of hydrogen-bond donors (Lipinski definition) is 2. The van der Waals surface area contributed by atoms with E-state index < -0.39 is 40.6 Å². The highest BCUT2D eigenvalue weighted by molar-refractivity contribution is 6.42. The Morgan fingerprint density at radius 2 is 1.62 bits per heavy atom. The molecular formula is C39H42Cl2F6N4O4. The first-order valence-corrected chi connectivity index (χ1v) is 18.9. The molecule has 0 aromatic heterocycles. The molecule has 3 aliphatic rings. The molecule has 1 spiro atoms. The first-order valence-electron chi connectivity index (χ1n) is 18.1. The molecule has 0 unspecified atom stereocenters. The number of morpholine rings is 1. The number of carbonyl (C=O) groups excluding carboxylic acids is 2. The Kier molecular flexibility index (Phi) is 12.4. The first kappa shape index (κ1) is 41.2. The highest BCUT2D eigenvalue weighted by Gasteiger charge is 2.50. The summed E-state index contributed by atoms with van der Waals surface area (Å²) in [4.78, 5) is 29.8. The predicted octanol–water partition coefficient (Wildman–Crippen LogP) is 7.23. The van der Waals surface area contributed by atoms with E-state index in [1.807, 2.05) is 12.1 Å². The monoisotopic (exact) mass is 814 g/mol. The predicted molar refractivity (Wildman–Crippen MR) is 195 cm³/mol. The van der Waals surface area contributed by atoms with E-state index >= 15 is 0 Å². The van der Waals surface area contributed by atoms with Gasteiger partial charge in [-0.15, -0.1) is 0 Å². The summed E-state index contributed by atoms with van der Waals surface area (Å²) in [5, 5.41) is 3.33. The van der Waals surface area contributed by atoms with Crippen LogP contribution in [0.5, 0.6) is 0 Å². The zero-order valence-corrected chi connectivity index (χ0v) is 31.4. The minimum atomic E-state index is -5.11. The molecule has 2 saturated heterocycles. The molecule has 2 heterocycles. The van der Waals surface area contributed by atoms with Crippen LogP contribution < -0.4 is 11.1 Å². The van der Waals surface area contributed by atoms with Crippen molar-refractivity contribution < 1.29 is 45.4 Å². The van der Waals surface area contributed by atoms with Gasteiger partial charge in [-0.2, -0.15) is 26.3 Å². The number of ether oxygens (including phenoxy) is 2. The minimum absolute atomic E-state index is 0.00107. The number of nitrogens with zero attached hydrogens (tertiary/aromatic N) is 2. The highest BCUT2D eigenvalue weighted by atomic mass is 35.5. The van der Waals surface area contributed by atoms with E-state index in [1.165, 1.54) is 16.0 Å². The van der Waals surface area contributed by atoms with Crippen LogP contribution in [-0.2, 0) is 44.1 Å². The second-order valence-corrected chi connectivity index (χ2v) is 15.2. The molecule has 16 heteroatoms. The summed E-state index contributed by atoms with van der Waals surface area (Å²) in [5.41, 5.74) is 3.12. The molecule has 298 valence electrons. The first-order chi connectivity index (χ1) is 26.0. The summed E-state index contributed by atoms with van der Waals surface area (Å²) in [6.45, 7) is 2.46. The Labute approximate surface area is 325 Å². The van der Waals surface area contributed by atoms with Crippen LogP contribution in [0.2, 0.25) is 10.0 Å². The SMILES string of the molecule is NCCCNC(=O)CO[C@H]1Cc2ccccc2C12CCN(CC[C@@]1(c3ccc(Cl)c(Cl)c3)CN(C(=O)c3cc(C(F)(F)F)cc(C(F)(F)F)c3)CCO1)CC2. The Bertz CT molecular complexity index is 1840. The molecule has 8 nitrogen and oxygen atoms in total. The number of amides is 2. The van der Waals surface area contributed by atoms with E-state index in [-0.39, 0.29) is 59.8 Å². The third-order valence-corrected chi connectivity index (χ3v) is 11.8. The molecule has 2 amide bonds. The van der Waals surface area contributed by atoms with E-state index in [2.05, 4.69) is 22.3 Å². The van der Waals surface area contributed by atoms with Crippen LogP contribution in [-0.4, -0.2) is 86.7 Å². The number of nitrogens with one attached hydrogen (secondary N) is 1. The lowest BCUT2D eigenvalue weighted by Crippen LogP contribution is -2.54. The van der Waals surface area contributed by atoms with Gasteiger partial charge in [0.1, 0.15) is 12.2 Å². The average Bonchev–Trinajstić information content (AvgIpc) is 3.46. The fraction of sp³-hybridized carbons (Fsp3) is 0.487. The number of piperidine rings is 1. The van der Waals surface area contributed by atoms with E-state index in [1.54, 1.807) is 18.2 Å². The van der Waals surface area contributed by atoms with Gasteiger partial charge >= 0.3 is 12.4 Å². The van der Waals surface area contributed by atoms with Crippen molar-refractivity contribution in [1.82, 2.24) is 15.1 Å². The third-order valence-electron chi connectivity index (χ3n) is 11.0. The lowest BCUT2D eigenvalue weighted by molar-refractivity contribution is -0.143. The van der Waals surface area contributed by atoms with E-state index in [0.717, 1.165) is 12.8 Å². The van der Waals surface area contributed by atoms with Crippen LogP contribution in [0.15, 0.2) is 60.7 Å². The van der Waals surface area contributed by atoms with Crippen molar-refractivity contribution in [2.24, 2.45) is 5.73 Å². The van der Waals surface area contributed by atoms with Crippen molar-refractivity contribution in [2.45, 2.75) is 61.6 Å². The molecular weight excluding hydrogens is 773 g/mol. The van der Waals surface area contributed by atoms with Gasteiger partial charge in [0.25, 0.3) is 5.91 Å². The van der Waals surface area contributed by atoms with Gasteiger partial charge in [-0.05, 0) is 98.8 Å². The number of carbonyl (C=O) groups is 2. The zero-order valence-electron chi connectivity index (χ0n) is 29.9. The van der Waals surface area contributed by atoms with E-state index in [4.69, 9.17) is 38.4 Å². The van der Waals surface area contributed by atoms with E-state index in [9.17, 15) is 35.9 Å². The van der Waals surface area contributed by atoms with Crippen molar-refractivity contribution in [1.29, 1.82) is 0 Å². The van der Waals surface area contributed by atoms with E-state index in [0.29, 0.717) is 69.7 Å². The topological polar surface area (TPSA) is 97.1 Å². The number of rotatable bonds is 11. The van der Waals surface area contributed by atoms with Gasteiger partial charge in [-0.3, -0.25) is 9.59 Å². The molecule has 2 fully saturated rings. The Hall–Kier alpha value is -3.40. The van der Waals surface area contributed by atoms with Crippen LogP contribution in [0.4, 0.5) is 26.3 Å². The summed E-state index contributed by atoms with van der Waals surface area (Å²) in [7, 11) is 0. The fourth-order valence-electron chi connectivity index (χ4n) is 8.10. The number of fused-ring (bicyclic) bond motifs is 2. The van der Waals surface area contributed by atoms with Gasteiger partial charge in [0.15, 0.2) is 0 Å². The van der Waals surface area contributed by atoms with Crippen LogP contribution in [0.25, 0.3) is 0 Å². The van der Waals surface area contributed by atoms with Crippen LogP contribution in [0.1, 0.15) is 63.9 Å². The van der Waals surface area contributed by atoms with Crippen molar-refractivity contribution >= 4 is 35.0 Å². The number of alkyl halides is 6. The second-order valence-electron chi connectivity index (χ2n) is 14.4. The average molecular weight is 816 g/mol. The molecule has 3 aromatic rings. The number of likely N-dealkylation sites (tertiary alicyclic amines) is 1. The fourth-order valence-corrected chi connectivity index (χ4v) is 8.40. The van der Waals surface area contributed by atoms with Gasteiger partial charge in [0.2, 0.25) is 5.91 Å². The highest BCUT2D eigenvalue weighted by Crippen LogP contribution is 2.48. The summed E-state index contributed by atoms with van der Waals surface area (Å²) in [6, 6.07) is 14.0. The van der Waals surface area contributed by atoms with Crippen LogP contribution >= 0.6 is 23.2 Å². The van der Waals surface area contributed by atoms with Crippen molar-refractivity contribution in [3.8, 4) is 0 Å². The van der Waals surface area contributed by atoms with Crippen molar-refractivity contribution in [3.63, 3.8) is 0 Å². The summed E-state index contributed by atoms with van der Waals surface area (Å²) in [5.74, 6) is -1.18. The molecule has 2 atom stereocenters. The minimum Gasteiger partial charge on any atom is -0.367 e.